The van der Waals surface area contributed by atoms with Crippen LogP contribution in [0.1, 0.15) is 28.4 Å². The summed E-state index contributed by atoms with van der Waals surface area (Å²) in [5.41, 5.74) is 0.933. The van der Waals surface area contributed by atoms with E-state index in [0.717, 1.165) is 25.2 Å². The molecule has 5 rings (SSSR count). The summed E-state index contributed by atoms with van der Waals surface area (Å²) >= 11 is 6.11. The highest BCUT2D eigenvalue weighted by atomic mass is 35.5. The third-order valence-corrected chi connectivity index (χ3v) is 7.31. The Morgan fingerprint density at radius 2 is 1.81 bits per heavy atom. The Labute approximate surface area is 219 Å². The van der Waals surface area contributed by atoms with Crippen molar-refractivity contribution in [1.29, 1.82) is 0 Å². The molecule has 0 aliphatic carbocycles. The average Bonchev–Trinajstić information content (AvgIpc) is 3.47. The Morgan fingerprint density at radius 3 is 2.49 bits per heavy atom. The van der Waals surface area contributed by atoms with E-state index in [1.165, 1.54) is 36.8 Å². The number of hydrogen-bond acceptors (Lipinski definition) is 6. The molecule has 2 fully saturated rings. The third-order valence-electron chi connectivity index (χ3n) is 6.99. The topological polar surface area (TPSA) is 87.7 Å². The van der Waals surface area contributed by atoms with Crippen molar-refractivity contribution in [1.82, 2.24) is 25.1 Å². The number of ether oxygens (including phenoxy) is 1. The molecule has 3 heterocycles. The molecule has 2 saturated heterocycles. The number of nitrogens with zero attached hydrogens (tertiary/aromatic N) is 4. The van der Waals surface area contributed by atoms with E-state index in [2.05, 4.69) is 20.2 Å². The van der Waals surface area contributed by atoms with Crippen molar-refractivity contribution in [2.45, 2.75) is 12.5 Å². The van der Waals surface area contributed by atoms with E-state index < -0.39 is 11.9 Å². The quantitative estimate of drug-likeness (QED) is 0.499. The van der Waals surface area contributed by atoms with Crippen molar-refractivity contribution < 1.29 is 18.7 Å². The summed E-state index contributed by atoms with van der Waals surface area (Å²) in [5.74, 6) is -0.166. The predicted molar refractivity (Wildman–Crippen MR) is 136 cm³/mol. The van der Waals surface area contributed by atoms with Crippen molar-refractivity contribution >= 4 is 23.6 Å². The highest BCUT2D eigenvalue weighted by Gasteiger charge is 2.42. The molecule has 2 aliphatic rings. The van der Waals surface area contributed by atoms with E-state index in [1.54, 1.807) is 4.90 Å². The predicted octanol–water partition coefficient (Wildman–Crippen LogP) is 4.19. The van der Waals surface area contributed by atoms with Crippen LogP contribution in [0.25, 0.3) is 0 Å². The number of carbonyl (C=O) groups is 2. The van der Waals surface area contributed by atoms with Crippen LogP contribution in [0.15, 0.2) is 67.1 Å². The molecule has 0 radical (unpaired) electrons. The van der Waals surface area contributed by atoms with E-state index >= 15 is 0 Å². The first kappa shape index (κ1) is 25.1. The van der Waals surface area contributed by atoms with Crippen LogP contribution >= 0.6 is 11.6 Å². The first-order valence-electron chi connectivity index (χ1n) is 12.2. The number of rotatable bonds is 7. The zero-order valence-corrected chi connectivity index (χ0v) is 20.9. The van der Waals surface area contributed by atoms with Gasteiger partial charge in [0.25, 0.3) is 5.91 Å². The Hall–Kier alpha value is -3.56. The van der Waals surface area contributed by atoms with Crippen LogP contribution in [0.4, 0.5) is 9.18 Å². The zero-order chi connectivity index (χ0) is 25.8. The summed E-state index contributed by atoms with van der Waals surface area (Å²) in [5, 5.41) is 3.09. The molecule has 0 saturated carbocycles. The van der Waals surface area contributed by atoms with E-state index in [0.29, 0.717) is 31.3 Å². The van der Waals surface area contributed by atoms with Gasteiger partial charge in [-0.25, -0.2) is 14.2 Å². The molecular formula is C27H27ClFN5O3. The Balaban J connectivity index is 1.17. The summed E-state index contributed by atoms with van der Waals surface area (Å²) in [6.45, 7) is 3.60. The molecule has 3 aromatic rings. The largest absolute Gasteiger partial charge is 0.414 e. The van der Waals surface area contributed by atoms with E-state index in [-0.39, 0.29) is 28.4 Å². The van der Waals surface area contributed by atoms with Crippen LogP contribution in [-0.4, -0.2) is 64.5 Å². The lowest BCUT2D eigenvalue weighted by atomic mass is 10.0. The van der Waals surface area contributed by atoms with Crippen LogP contribution in [-0.2, 0) is 0 Å². The second kappa shape index (κ2) is 11.2. The molecule has 10 heteroatoms. The minimum atomic E-state index is -0.589. The fraction of sp³-hybridized carbons (Fsp3) is 0.333. The molecule has 1 N–H and O–H groups in total. The van der Waals surface area contributed by atoms with Crippen LogP contribution in [0.5, 0.6) is 5.88 Å². The molecule has 0 bridgehead atoms. The Morgan fingerprint density at radius 1 is 1.05 bits per heavy atom. The standard InChI is InChI=1S/C27H27ClFN5O3/c28-21-7-4-8-22(29)25(21)26(35)34-16-19-14-33(15-20(19)17-34)12-9-23(18-5-2-1-3-6-18)32-27(36)37-24-13-30-10-11-31-24/h1-8,10-11,13,19-20,23H,9,12,14-17H2,(H,32,36)/t19-,20?,23?/m0/s1. The van der Waals surface area contributed by atoms with E-state index in [4.69, 9.17) is 16.3 Å². The fourth-order valence-corrected chi connectivity index (χ4v) is 5.47. The van der Waals surface area contributed by atoms with Gasteiger partial charge >= 0.3 is 6.09 Å². The van der Waals surface area contributed by atoms with Crippen LogP contribution < -0.4 is 10.1 Å². The van der Waals surface area contributed by atoms with E-state index in [1.807, 2.05) is 30.3 Å². The number of amides is 2. The highest BCUT2D eigenvalue weighted by molar-refractivity contribution is 6.33. The molecule has 2 aromatic carbocycles. The molecule has 2 amide bonds. The Kier molecular flexibility index (Phi) is 7.62. The van der Waals surface area contributed by atoms with Crippen molar-refractivity contribution in [3.05, 3.63) is 89.1 Å². The lowest BCUT2D eigenvalue weighted by molar-refractivity contribution is 0.0769. The molecule has 0 spiro atoms. The van der Waals surface area contributed by atoms with Gasteiger partial charge in [0.1, 0.15) is 5.82 Å². The lowest BCUT2D eigenvalue weighted by Crippen LogP contribution is -2.36. The van der Waals surface area contributed by atoms with Crippen LogP contribution in [0, 0.1) is 17.7 Å². The van der Waals surface area contributed by atoms with Crippen LogP contribution in [0.2, 0.25) is 5.02 Å². The maximum atomic E-state index is 14.2. The molecule has 192 valence electrons. The average molecular weight is 524 g/mol. The van der Waals surface area contributed by atoms with Crippen molar-refractivity contribution in [2.75, 3.05) is 32.7 Å². The number of halogens is 2. The molecule has 37 heavy (non-hydrogen) atoms. The molecule has 2 unspecified atom stereocenters. The summed E-state index contributed by atoms with van der Waals surface area (Å²) < 4.78 is 19.5. The fourth-order valence-electron chi connectivity index (χ4n) is 5.22. The lowest BCUT2D eigenvalue weighted by Gasteiger charge is -2.25. The first-order valence-corrected chi connectivity index (χ1v) is 12.6. The number of nitrogens with one attached hydrogen (secondary N) is 1. The van der Waals surface area contributed by atoms with Crippen LogP contribution in [0.3, 0.4) is 0 Å². The van der Waals surface area contributed by atoms with Gasteiger partial charge in [0.05, 0.1) is 22.8 Å². The van der Waals surface area contributed by atoms with Gasteiger partial charge in [0.2, 0.25) is 5.88 Å². The monoisotopic (exact) mass is 523 g/mol. The Bertz CT molecular complexity index is 1220. The van der Waals surface area contributed by atoms with Gasteiger partial charge in [-0.15, -0.1) is 0 Å². The van der Waals surface area contributed by atoms with Crippen molar-refractivity contribution in [3.8, 4) is 5.88 Å². The zero-order valence-electron chi connectivity index (χ0n) is 20.1. The number of benzene rings is 2. The molecule has 1 aromatic heterocycles. The van der Waals surface area contributed by atoms with Crippen molar-refractivity contribution in [2.24, 2.45) is 11.8 Å². The molecule has 3 atom stereocenters. The highest BCUT2D eigenvalue weighted by Crippen LogP contribution is 2.33. The summed E-state index contributed by atoms with van der Waals surface area (Å²) in [6.07, 6.45) is 4.45. The van der Waals surface area contributed by atoms with E-state index in [9.17, 15) is 14.0 Å². The first-order chi connectivity index (χ1) is 18.0. The third kappa shape index (κ3) is 5.89. The molecular weight excluding hydrogens is 497 g/mol. The van der Waals surface area contributed by atoms with Crippen molar-refractivity contribution in [3.63, 3.8) is 0 Å². The smallest absolute Gasteiger partial charge is 0.390 e. The van der Waals surface area contributed by atoms with Gasteiger partial charge < -0.3 is 19.9 Å². The SMILES string of the molecule is O=C(NC(CCN1CC2CN(C(=O)c3c(F)cccc3Cl)C[C@@H]2C1)c1ccccc1)Oc1cnccn1. The van der Waals surface area contributed by atoms with Gasteiger partial charge in [-0.3, -0.25) is 9.78 Å². The summed E-state index contributed by atoms with van der Waals surface area (Å²) in [6, 6.07) is 13.8. The maximum Gasteiger partial charge on any atom is 0.414 e. The minimum absolute atomic E-state index is 0.0499. The van der Waals surface area contributed by atoms with Gasteiger partial charge in [-0.05, 0) is 36.0 Å². The molecule has 8 nitrogen and oxygen atoms in total. The summed E-state index contributed by atoms with van der Waals surface area (Å²) in [7, 11) is 0. The summed E-state index contributed by atoms with van der Waals surface area (Å²) in [4.78, 5) is 37.4. The normalized spacial score (nSPS) is 19.9. The second-order valence-electron chi connectivity index (χ2n) is 9.42. The number of likely N-dealkylation sites (tertiary alicyclic amines) is 2. The second-order valence-corrected chi connectivity index (χ2v) is 9.82. The number of aromatic nitrogens is 2. The molecule has 2 aliphatic heterocycles. The van der Waals surface area contributed by atoms with Gasteiger partial charge in [0, 0.05) is 45.1 Å². The minimum Gasteiger partial charge on any atom is -0.390 e. The number of hydrogen-bond donors (Lipinski definition) is 1. The number of fused-ring (bicyclic) bond motifs is 1. The van der Waals surface area contributed by atoms with Gasteiger partial charge in [-0.1, -0.05) is 48.0 Å². The van der Waals surface area contributed by atoms with Gasteiger partial charge in [-0.2, -0.15) is 0 Å². The number of carbonyl (C=O) groups excluding carboxylic acids is 2. The van der Waals surface area contributed by atoms with Gasteiger partial charge in [0.15, 0.2) is 0 Å². The maximum absolute atomic E-state index is 14.2.